The summed E-state index contributed by atoms with van der Waals surface area (Å²) in [6.07, 6.45) is 2.58. The van der Waals surface area contributed by atoms with Gasteiger partial charge in [-0.15, -0.1) is 0 Å². The summed E-state index contributed by atoms with van der Waals surface area (Å²) in [5.74, 6) is -0.199. The minimum atomic E-state index is -0.199. The van der Waals surface area contributed by atoms with Crippen molar-refractivity contribution in [3.05, 3.63) is 54.1 Å². The first-order valence-electron chi connectivity index (χ1n) is 5.62. The molecular formula is C14H18N2O. The Labute approximate surface area is 102 Å². The van der Waals surface area contributed by atoms with Crippen LogP contribution in [-0.4, -0.2) is 12.5 Å². The number of carbonyl (C=O) groups is 1. The highest BCUT2D eigenvalue weighted by Gasteiger charge is 2.05. The lowest BCUT2D eigenvalue weighted by Gasteiger charge is -2.06. The van der Waals surface area contributed by atoms with E-state index in [9.17, 15) is 4.79 Å². The van der Waals surface area contributed by atoms with Gasteiger partial charge in [-0.3, -0.25) is 4.79 Å². The van der Waals surface area contributed by atoms with E-state index in [-0.39, 0.29) is 5.91 Å². The first-order chi connectivity index (χ1) is 8.17. The van der Waals surface area contributed by atoms with E-state index in [2.05, 4.69) is 11.9 Å². The molecule has 3 nitrogen and oxygen atoms in total. The Kier molecular flexibility index (Phi) is 5.17. The molecule has 90 valence electrons. The van der Waals surface area contributed by atoms with Crippen molar-refractivity contribution >= 4 is 11.6 Å². The molecular weight excluding hydrogens is 212 g/mol. The summed E-state index contributed by atoms with van der Waals surface area (Å²) < 4.78 is 0. The number of hydrogen-bond donors (Lipinski definition) is 2. The van der Waals surface area contributed by atoms with Gasteiger partial charge in [0.2, 0.25) is 0 Å². The van der Waals surface area contributed by atoms with E-state index in [0.29, 0.717) is 12.1 Å². The maximum absolute atomic E-state index is 11.8. The smallest absolute Gasteiger partial charge is 0.255 e. The van der Waals surface area contributed by atoms with Gasteiger partial charge in [0.25, 0.3) is 5.91 Å². The second-order valence-corrected chi connectivity index (χ2v) is 3.71. The molecule has 3 N–H and O–H groups in total. The van der Waals surface area contributed by atoms with Crippen LogP contribution in [0.5, 0.6) is 0 Å². The quantitative estimate of drug-likeness (QED) is 0.603. The molecule has 1 amide bonds. The molecule has 3 heteroatoms. The van der Waals surface area contributed by atoms with Crippen LogP contribution in [0, 0.1) is 0 Å². The fourth-order valence-electron chi connectivity index (χ4n) is 1.35. The van der Waals surface area contributed by atoms with Crippen molar-refractivity contribution in [3.63, 3.8) is 0 Å². The number of nitrogens with one attached hydrogen (secondary N) is 1. The molecule has 0 saturated heterocycles. The molecule has 0 aliphatic carbocycles. The molecule has 0 atom stereocenters. The van der Waals surface area contributed by atoms with E-state index >= 15 is 0 Å². The normalized spacial score (nSPS) is 11.1. The van der Waals surface area contributed by atoms with E-state index in [4.69, 9.17) is 5.73 Å². The summed E-state index contributed by atoms with van der Waals surface area (Å²) in [6.45, 7) is 6.20. The zero-order valence-electron chi connectivity index (χ0n) is 10.1. The van der Waals surface area contributed by atoms with Crippen LogP contribution in [0.4, 0.5) is 5.69 Å². The lowest BCUT2D eigenvalue weighted by Crippen LogP contribution is -2.13. The second-order valence-electron chi connectivity index (χ2n) is 3.71. The third-order valence-electron chi connectivity index (χ3n) is 2.42. The van der Waals surface area contributed by atoms with Gasteiger partial charge in [0.15, 0.2) is 0 Å². The molecule has 0 bridgehead atoms. The SMILES string of the molecule is C=C(/C=C(\CC)CN)C(=O)Nc1ccccc1. The summed E-state index contributed by atoms with van der Waals surface area (Å²) in [4.78, 5) is 11.8. The Morgan fingerprint density at radius 3 is 2.59 bits per heavy atom. The van der Waals surface area contributed by atoms with Crippen molar-refractivity contribution in [1.29, 1.82) is 0 Å². The Bertz CT molecular complexity index is 415. The number of anilines is 1. The molecule has 0 heterocycles. The standard InChI is InChI=1S/C14H18N2O/c1-3-12(10-15)9-11(2)14(17)16-13-7-5-4-6-8-13/h4-9H,2-3,10,15H2,1H3,(H,16,17)/b12-9+. The molecule has 17 heavy (non-hydrogen) atoms. The average molecular weight is 230 g/mol. The summed E-state index contributed by atoms with van der Waals surface area (Å²) >= 11 is 0. The Balaban J connectivity index is 2.65. The zero-order valence-corrected chi connectivity index (χ0v) is 10.1. The lowest BCUT2D eigenvalue weighted by molar-refractivity contribution is -0.112. The number of amides is 1. The molecule has 0 saturated carbocycles. The van der Waals surface area contributed by atoms with Crippen LogP contribution in [-0.2, 0) is 4.79 Å². The molecule has 1 rings (SSSR count). The topological polar surface area (TPSA) is 55.1 Å². The molecule has 0 fully saturated rings. The summed E-state index contributed by atoms with van der Waals surface area (Å²) in [5, 5.41) is 2.77. The van der Waals surface area contributed by atoms with Crippen LogP contribution >= 0.6 is 0 Å². The van der Waals surface area contributed by atoms with E-state index < -0.39 is 0 Å². The molecule has 1 aromatic rings. The fourth-order valence-corrected chi connectivity index (χ4v) is 1.35. The van der Waals surface area contributed by atoms with E-state index in [1.807, 2.05) is 37.3 Å². The van der Waals surface area contributed by atoms with Crippen LogP contribution < -0.4 is 11.1 Å². The molecule has 0 aliphatic rings. The fraction of sp³-hybridized carbons (Fsp3) is 0.214. The molecule has 0 aliphatic heterocycles. The zero-order chi connectivity index (χ0) is 12.7. The first kappa shape index (κ1) is 13.2. The molecule has 1 aromatic carbocycles. The molecule has 0 unspecified atom stereocenters. The number of rotatable bonds is 5. The van der Waals surface area contributed by atoms with E-state index in [1.54, 1.807) is 6.08 Å². The third kappa shape index (κ3) is 4.25. The third-order valence-corrected chi connectivity index (χ3v) is 2.42. The number of benzene rings is 1. The Morgan fingerprint density at radius 2 is 2.06 bits per heavy atom. The molecule has 0 radical (unpaired) electrons. The number of nitrogens with two attached hydrogens (primary N) is 1. The Hall–Kier alpha value is -1.87. The van der Waals surface area contributed by atoms with Crippen molar-refractivity contribution in [1.82, 2.24) is 0 Å². The van der Waals surface area contributed by atoms with Crippen molar-refractivity contribution in [3.8, 4) is 0 Å². The highest BCUT2D eigenvalue weighted by Crippen LogP contribution is 2.09. The van der Waals surface area contributed by atoms with E-state index in [0.717, 1.165) is 17.7 Å². The van der Waals surface area contributed by atoms with Gasteiger partial charge in [-0.25, -0.2) is 0 Å². The average Bonchev–Trinajstić information content (AvgIpc) is 2.36. The number of hydrogen-bond acceptors (Lipinski definition) is 2. The maximum atomic E-state index is 11.8. The largest absolute Gasteiger partial charge is 0.327 e. The van der Waals surface area contributed by atoms with Crippen LogP contribution in [0.3, 0.4) is 0 Å². The van der Waals surface area contributed by atoms with E-state index in [1.165, 1.54) is 0 Å². The second kappa shape index (κ2) is 6.66. The lowest BCUT2D eigenvalue weighted by atomic mass is 10.1. The van der Waals surface area contributed by atoms with Crippen molar-refractivity contribution in [2.24, 2.45) is 5.73 Å². The summed E-state index contributed by atoms with van der Waals surface area (Å²) in [7, 11) is 0. The van der Waals surface area contributed by atoms with Gasteiger partial charge < -0.3 is 11.1 Å². The van der Waals surface area contributed by atoms with Gasteiger partial charge >= 0.3 is 0 Å². The monoisotopic (exact) mass is 230 g/mol. The van der Waals surface area contributed by atoms with Gasteiger partial charge in [0.05, 0.1) is 0 Å². The van der Waals surface area contributed by atoms with Crippen LogP contribution in [0.25, 0.3) is 0 Å². The number of para-hydroxylation sites is 1. The number of carbonyl (C=O) groups excluding carboxylic acids is 1. The minimum absolute atomic E-state index is 0.199. The minimum Gasteiger partial charge on any atom is -0.327 e. The van der Waals surface area contributed by atoms with Gasteiger partial charge in [0, 0.05) is 17.8 Å². The molecule has 0 aromatic heterocycles. The van der Waals surface area contributed by atoms with Gasteiger partial charge in [-0.05, 0) is 24.6 Å². The summed E-state index contributed by atoms with van der Waals surface area (Å²) in [5.41, 5.74) is 7.74. The Morgan fingerprint density at radius 1 is 1.41 bits per heavy atom. The predicted molar refractivity (Wildman–Crippen MR) is 71.6 cm³/mol. The summed E-state index contributed by atoms with van der Waals surface area (Å²) in [6, 6.07) is 9.29. The highest BCUT2D eigenvalue weighted by atomic mass is 16.1. The first-order valence-corrected chi connectivity index (χ1v) is 5.62. The van der Waals surface area contributed by atoms with Gasteiger partial charge in [-0.1, -0.05) is 37.3 Å². The van der Waals surface area contributed by atoms with Crippen molar-refractivity contribution in [2.45, 2.75) is 13.3 Å². The van der Waals surface area contributed by atoms with Crippen molar-refractivity contribution in [2.75, 3.05) is 11.9 Å². The van der Waals surface area contributed by atoms with Crippen LogP contribution in [0.2, 0.25) is 0 Å². The van der Waals surface area contributed by atoms with Crippen LogP contribution in [0.15, 0.2) is 54.1 Å². The maximum Gasteiger partial charge on any atom is 0.255 e. The molecule has 0 spiro atoms. The highest BCUT2D eigenvalue weighted by molar-refractivity contribution is 6.05. The van der Waals surface area contributed by atoms with Crippen LogP contribution in [0.1, 0.15) is 13.3 Å². The van der Waals surface area contributed by atoms with Gasteiger partial charge in [-0.2, -0.15) is 0 Å². The predicted octanol–water partition coefficient (Wildman–Crippen LogP) is 2.48. The van der Waals surface area contributed by atoms with Crippen molar-refractivity contribution < 1.29 is 4.79 Å². The van der Waals surface area contributed by atoms with Gasteiger partial charge in [0.1, 0.15) is 0 Å².